The molecular weight excluding hydrogens is 363 g/mol. The van der Waals surface area contributed by atoms with Crippen molar-refractivity contribution in [2.75, 3.05) is 12.8 Å². The number of benzene rings is 1. The molecule has 0 saturated heterocycles. The van der Waals surface area contributed by atoms with Crippen molar-refractivity contribution in [1.29, 1.82) is 0 Å². The van der Waals surface area contributed by atoms with E-state index in [1.54, 1.807) is 19.1 Å². The molecule has 0 aliphatic heterocycles. The Morgan fingerprint density at radius 1 is 1.29 bits per heavy atom. The number of nitrogen functional groups attached to an aromatic ring is 1. The van der Waals surface area contributed by atoms with E-state index in [4.69, 9.17) is 16.2 Å². The zero-order chi connectivity index (χ0) is 20.8. The van der Waals surface area contributed by atoms with Gasteiger partial charge in [0.25, 0.3) is 0 Å². The van der Waals surface area contributed by atoms with E-state index in [0.717, 1.165) is 0 Å². The van der Waals surface area contributed by atoms with Gasteiger partial charge in [0.15, 0.2) is 0 Å². The highest BCUT2D eigenvalue weighted by molar-refractivity contribution is 6.11. The summed E-state index contributed by atoms with van der Waals surface area (Å²) in [6, 6.07) is 5.44. The Morgan fingerprint density at radius 2 is 2.00 bits per heavy atom. The number of primary amides is 1. The fourth-order valence-corrected chi connectivity index (χ4v) is 3.04. The summed E-state index contributed by atoms with van der Waals surface area (Å²) in [7, 11) is 1.37. The predicted octanol–water partition coefficient (Wildman–Crippen LogP) is 2.35. The van der Waals surface area contributed by atoms with Crippen molar-refractivity contribution in [2.45, 2.75) is 38.8 Å². The number of nitrogens with one attached hydrogen (secondary N) is 1. The van der Waals surface area contributed by atoms with Crippen LogP contribution in [0, 0.1) is 5.82 Å². The van der Waals surface area contributed by atoms with E-state index < -0.39 is 23.5 Å². The van der Waals surface area contributed by atoms with E-state index in [-0.39, 0.29) is 35.2 Å². The van der Waals surface area contributed by atoms with Crippen molar-refractivity contribution in [3.05, 3.63) is 53.0 Å². The molecular formula is C20H25FN4O3. The van der Waals surface area contributed by atoms with E-state index in [1.807, 2.05) is 6.92 Å². The van der Waals surface area contributed by atoms with Crippen LogP contribution in [0.25, 0.3) is 0 Å². The van der Waals surface area contributed by atoms with E-state index in [0.29, 0.717) is 12.0 Å². The molecule has 28 heavy (non-hydrogen) atoms. The Kier molecular flexibility index (Phi) is 7.06. The maximum atomic E-state index is 15.4. The Morgan fingerprint density at radius 3 is 2.54 bits per heavy atom. The number of hydrogen-bond acceptors (Lipinski definition) is 6. The third-order valence-electron chi connectivity index (χ3n) is 4.41. The molecule has 0 unspecified atom stereocenters. The molecule has 2 rings (SSSR count). The van der Waals surface area contributed by atoms with Crippen LogP contribution in [0.1, 0.15) is 54.2 Å². The highest BCUT2D eigenvalue weighted by Crippen LogP contribution is 2.31. The van der Waals surface area contributed by atoms with Crippen LogP contribution < -0.4 is 21.5 Å². The normalized spacial score (nSPS) is 13.0. The minimum atomic E-state index is -0.674. The number of aromatic nitrogens is 1. The fourth-order valence-electron chi connectivity index (χ4n) is 3.04. The smallest absolute Gasteiger partial charge is 0.218 e. The van der Waals surface area contributed by atoms with Gasteiger partial charge in [0, 0.05) is 35.8 Å². The van der Waals surface area contributed by atoms with Gasteiger partial charge in [-0.3, -0.25) is 9.59 Å². The van der Waals surface area contributed by atoms with Gasteiger partial charge in [-0.1, -0.05) is 13.0 Å². The maximum absolute atomic E-state index is 15.4. The Hall–Kier alpha value is -3.00. The van der Waals surface area contributed by atoms with E-state index in [2.05, 4.69) is 10.3 Å². The molecule has 1 aromatic heterocycles. The lowest BCUT2D eigenvalue weighted by molar-refractivity contribution is -0.118. The molecule has 0 saturated carbocycles. The molecule has 150 valence electrons. The van der Waals surface area contributed by atoms with Crippen molar-refractivity contribution < 1.29 is 18.7 Å². The van der Waals surface area contributed by atoms with Crippen LogP contribution in [-0.2, 0) is 4.79 Å². The van der Waals surface area contributed by atoms with Gasteiger partial charge >= 0.3 is 0 Å². The van der Waals surface area contributed by atoms with Gasteiger partial charge in [-0.15, -0.1) is 0 Å². The lowest BCUT2D eigenvalue weighted by Gasteiger charge is -2.23. The van der Waals surface area contributed by atoms with Crippen LogP contribution in [-0.4, -0.2) is 29.8 Å². The zero-order valence-electron chi connectivity index (χ0n) is 16.2. The molecule has 1 heterocycles. The molecule has 1 aromatic carbocycles. The number of nitrogens with two attached hydrogens (primary N) is 2. The van der Waals surface area contributed by atoms with Crippen molar-refractivity contribution in [3.8, 4) is 5.75 Å². The van der Waals surface area contributed by atoms with E-state index in [9.17, 15) is 9.59 Å². The lowest BCUT2D eigenvalue weighted by atomic mass is 9.95. The van der Waals surface area contributed by atoms with Gasteiger partial charge in [-0.25, -0.2) is 9.37 Å². The van der Waals surface area contributed by atoms with Crippen LogP contribution in [0.3, 0.4) is 0 Å². The number of rotatable bonds is 9. The number of hydrogen-bond donors (Lipinski definition) is 3. The number of ketones is 1. The minimum absolute atomic E-state index is 0.122. The predicted molar refractivity (Wildman–Crippen MR) is 104 cm³/mol. The molecule has 7 nitrogen and oxygen atoms in total. The summed E-state index contributed by atoms with van der Waals surface area (Å²) in [4.78, 5) is 27.9. The van der Waals surface area contributed by atoms with Gasteiger partial charge in [0.1, 0.15) is 22.9 Å². The SMILES string of the molecule is CC[C@@H](N[C@@H](C)CC(N)=O)c1ccc(OC)c(C(=O)c2ccc(N)nc2)c1F. The number of nitrogens with zero attached hydrogens (tertiary/aromatic N) is 1. The third kappa shape index (κ3) is 4.83. The topological polar surface area (TPSA) is 120 Å². The van der Waals surface area contributed by atoms with Crippen LogP contribution in [0.5, 0.6) is 5.75 Å². The number of amides is 1. The first-order chi connectivity index (χ1) is 13.3. The summed E-state index contributed by atoms with van der Waals surface area (Å²) in [6.45, 7) is 3.67. The molecule has 5 N–H and O–H groups in total. The second kappa shape index (κ2) is 9.27. The van der Waals surface area contributed by atoms with Gasteiger partial charge in [0.2, 0.25) is 11.7 Å². The average Bonchev–Trinajstić information content (AvgIpc) is 2.65. The van der Waals surface area contributed by atoms with Crippen LogP contribution in [0.2, 0.25) is 0 Å². The number of ether oxygens (including phenoxy) is 1. The van der Waals surface area contributed by atoms with Crippen molar-refractivity contribution >= 4 is 17.5 Å². The Balaban J connectivity index is 2.44. The number of carbonyl (C=O) groups excluding carboxylic acids is 2. The summed E-state index contributed by atoms with van der Waals surface area (Å²) < 4.78 is 20.6. The van der Waals surface area contributed by atoms with Crippen LogP contribution in [0.4, 0.5) is 10.2 Å². The second-order valence-electron chi connectivity index (χ2n) is 6.55. The Labute approximate surface area is 163 Å². The van der Waals surface area contributed by atoms with Gasteiger partial charge < -0.3 is 21.5 Å². The van der Waals surface area contributed by atoms with Crippen LogP contribution in [0.15, 0.2) is 30.5 Å². The molecule has 0 bridgehead atoms. The molecule has 0 spiro atoms. The monoisotopic (exact) mass is 388 g/mol. The van der Waals surface area contributed by atoms with Gasteiger partial charge in [-0.2, -0.15) is 0 Å². The molecule has 0 aliphatic rings. The standard InChI is InChI=1S/C20H25FN4O3/c1-4-14(25-11(2)9-17(23)26)13-6-7-15(28-3)18(19(13)21)20(27)12-5-8-16(22)24-10-12/h5-8,10-11,14,25H,4,9H2,1-3H3,(H2,22,24)(H2,23,26)/t11-,14+/m0/s1. The lowest BCUT2D eigenvalue weighted by Crippen LogP contribution is -2.34. The van der Waals surface area contributed by atoms with Crippen molar-refractivity contribution in [2.24, 2.45) is 5.73 Å². The summed E-state index contributed by atoms with van der Waals surface area (Å²) in [5, 5.41) is 3.18. The average molecular weight is 388 g/mol. The quantitative estimate of drug-likeness (QED) is 0.567. The molecule has 0 radical (unpaired) electrons. The number of anilines is 1. The van der Waals surface area contributed by atoms with E-state index >= 15 is 4.39 Å². The van der Waals surface area contributed by atoms with E-state index in [1.165, 1.54) is 25.4 Å². The first-order valence-corrected chi connectivity index (χ1v) is 8.95. The highest BCUT2D eigenvalue weighted by atomic mass is 19.1. The molecule has 8 heteroatoms. The first kappa shape index (κ1) is 21.3. The number of pyridine rings is 1. The molecule has 2 aromatic rings. The Bertz CT molecular complexity index is 855. The second-order valence-corrected chi connectivity index (χ2v) is 6.55. The number of methoxy groups -OCH3 is 1. The summed E-state index contributed by atoms with van der Waals surface area (Å²) in [5.41, 5.74) is 11.1. The first-order valence-electron chi connectivity index (χ1n) is 8.95. The molecule has 0 aliphatic carbocycles. The highest BCUT2D eigenvalue weighted by Gasteiger charge is 2.26. The zero-order valence-corrected chi connectivity index (χ0v) is 16.2. The maximum Gasteiger partial charge on any atom is 0.218 e. The molecule has 0 fully saturated rings. The third-order valence-corrected chi connectivity index (χ3v) is 4.41. The van der Waals surface area contributed by atoms with Gasteiger partial charge in [-0.05, 0) is 31.5 Å². The fraction of sp³-hybridized carbons (Fsp3) is 0.350. The van der Waals surface area contributed by atoms with Crippen molar-refractivity contribution in [3.63, 3.8) is 0 Å². The largest absolute Gasteiger partial charge is 0.496 e. The number of halogens is 1. The minimum Gasteiger partial charge on any atom is -0.496 e. The summed E-state index contributed by atoms with van der Waals surface area (Å²) in [5.74, 6) is -1.29. The molecule has 1 amide bonds. The van der Waals surface area contributed by atoms with Crippen molar-refractivity contribution in [1.82, 2.24) is 10.3 Å². The number of carbonyl (C=O) groups is 2. The van der Waals surface area contributed by atoms with Gasteiger partial charge in [0.05, 0.1) is 7.11 Å². The summed E-state index contributed by atoms with van der Waals surface area (Å²) in [6.07, 6.45) is 1.97. The van der Waals surface area contributed by atoms with Crippen LogP contribution >= 0.6 is 0 Å². The molecule has 2 atom stereocenters. The summed E-state index contributed by atoms with van der Waals surface area (Å²) >= 11 is 0.